The molecule has 87 heavy (non-hydrogen) atoms. The van der Waals surface area contributed by atoms with E-state index in [0.717, 1.165) is 0 Å². The normalized spacial score (nSPS) is 15.1. The molecule has 1 aromatic carbocycles. The van der Waals surface area contributed by atoms with Crippen LogP contribution in [0.2, 0.25) is 0 Å². The SMILES string of the molecule is CC(C)C[C@H](NC(=O)[C@H](CC(C)C)NC(=O)[C@@H](N)CC(C)C)C(=O)N[C@@H](CC(=O)O)C(=O)N[C@H](C(=O)N[C@@H](C)C(=O)N[C@@H](Cc1ccc(O)cc1)C(=O)NCC(=O)N[C@@H](C)C(=O)N[C@H](C(=O)N[C@@H](CCC(N)=O)C(=O)N[C@@H](C)C(=O)O)C(C)C)C(C)C. The summed E-state index contributed by atoms with van der Waals surface area (Å²) in [5.74, 6) is -15.1. The number of nitrogens with two attached hydrogens (primary N) is 2. The monoisotopic (exact) mass is 1230 g/mol. The minimum atomic E-state index is -1.80. The van der Waals surface area contributed by atoms with Crippen molar-refractivity contribution in [2.24, 2.45) is 41.1 Å². The number of hydrogen-bond acceptors (Lipinski definition) is 16. The highest BCUT2D eigenvalue weighted by molar-refractivity contribution is 5.99. The molecule has 30 heteroatoms. The number of hydrogen-bond donors (Lipinski definition) is 16. The number of carboxylic acids is 2. The minimum Gasteiger partial charge on any atom is -0.508 e. The van der Waals surface area contributed by atoms with Gasteiger partial charge in [0.05, 0.1) is 19.0 Å². The van der Waals surface area contributed by atoms with Crippen LogP contribution in [0.1, 0.15) is 134 Å². The van der Waals surface area contributed by atoms with Crippen molar-refractivity contribution in [3.05, 3.63) is 29.8 Å². The van der Waals surface area contributed by atoms with Gasteiger partial charge in [-0.05, 0) is 93.7 Å². The zero-order valence-electron chi connectivity index (χ0n) is 51.9. The first-order chi connectivity index (χ1) is 40.3. The van der Waals surface area contributed by atoms with Crippen LogP contribution in [0.25, 0.3) is 0 Å². The second-order valence-electron chi connectivity index (χ2n) is 23.5. The number of phenols is 1. The summed E-state index contributed by atoms with van der Waals surface area (Å²) in [5.41, 5.74) is 11.7. The van der Waals surface area contributed by atoms with Crippen molar-refractivity contribution in [1.29, 1.82) is 0 Å². The first-order valence-corrected chi connectivity index (χ1v) is 28.9. The van der Waals surface area contributed by atoms with E-state index >= 15 is 0 Å². The van der Waals surface area contributed by atoms with E-state index in [1.807, 2.05) is 27.7 Å². The Morgan fingerprint density at radius 2 is 0.839 bits per heavy atom. The molecule has 11 atom stereocenters. The lowest BCUT2D eigenvalue weighted by Gasteiger charge is -2.28. The van der Waals surface area contributed by atoms with Gasteiger partial charge in [0.1, 0.15) is 66.2 Å². The summed E-state index contributed by atoms with van der Waals surface area (Å²) in [5, 5.41) is 55.9. The number of aromatic hydroxyl groups is 1. The molecule has 18 N–H and O–H groups in total. The number of nitrogens with one attached hydrogen (secondary N) is 11. The van der Waals surface area contributed by atoms with Gasteiger partial charge in [0.2, 0.25) is 70.9 Å². The zero-order valence-corrected chi connectivity index (χ0v) is 51.9. The van der Waals surface area contributed by atoms with Gasteiger partial charge in [-0.15, -0.1) is 0 Å². The van der Waals surface area contributed by atoms with Gasteiger partial charge in [0.15, 0.2) is 0 Å². The average molecular weight is 1230 g/mol. The third-order valence-corrected chi connectivity index (χ3v) is 13.2. The Balaban J connectivity index is 3.26. The Bertz CT molecular complexity index is 2580. The Kier molecular flexibility index (Phi) is 32.7. The molecule has 0 unspecified atom stereocenters. The smallest absolute Gasteiger partial charge is 0.325 e. The second kappa shape index (κ2) is 37.2. The zero-order chi connectivity index (χ0) is 66.7. The van der Waals surface area contributed by atoms with Crippen molar-refractivity contribution in [3.8, 4) is 5.75 Å². The average Bonchev–Trinajstić information content (AvgIpc) is 3.63. The maximum atomic E-state index is 13.9. The van der Waals surface area contributed by atoms with E-state index < -0.39 is 174 Å². The number of phenolic OH excluding ortho intramolecular Hbond substituents is 1. The van der Waals surface area contributed by atoms with Gasteiger partial charge in [-0.2, -0.15) is 0 Å². The number of carbonyl (C=O) groups excluding carboxylic acids is 12. The van der Waals surface area contributed by atoms with E-state index in [9.17, 15) is 82.4 Å². The fraction of sp³-hybridized carbons (Fsp3) is 0.649. The lowest BCUT2D eigenvalue weighted by atomic mass is 9.98. The van der Waals surface area contributed by atoms with Crippen LogP contribution in [0.5, 0.6) is 5.75 Å². The first-order valence-electron chi connectivity index (χ1n) is 28.9. The predicted octanol–water partition coefficient (Wildman–Crippen LogP) is -2.44. The van der Waals surface area contributed by atoms with E-state index in [4.69, 9.17) is 11.5 Å². The molecule has 30 nitrogen and oxygen atoms in total. The number of rotatable bonds is 38. The Morgan fingerprint density at radius 1 is 0.437 bits per heavy atom. The van der Waals surface area contributed by atoms with Crippen LogP contribution in [0, 0.1) is 29.6 Å². The Morgan fingerprint density at radius 3 is 1.31 bits per heavy atom. The summed E-state index contributed by atoms with van der Waals surface area (Å²) in [6, 6.07) is -9.39. The maximum Gasteiger partial charge on any atom is 0.325 e. The highest BCUT2D eigenvalue weighted by atomic mass is 16.4. The van der Waals surface area contributed by atoms with Gasteiger partial charge in [-0.3, -0.25) is 67.1 Å². The van der Waals surface area contributed by atoms with Crippen molar-refractivity contribution in [3.63, 3.8) is 0 Å². The molecule has 0 aliphatic carbocycles. The van der Waals surface area contributed by atoms with Crippen LogP contribution in [0.15, 0.2) is 24.3 Å². The van der Waals surface area contributed by atoms with Crippen molar-refractivity contribution in [1.82, 2.24) is 58.5 Å². The van der Waals surface area contributed by atoms with Crippen LogP contribution in [0.4, 0.5) is 0 Å². The van der Waals surface area contributed by atoms with Gasteiger partial charge < -0.3 is 85.3 Å². The number of primary amides is 1. The summed E-state index contributed by atoms with van der Waals surface area (Å²) in [7, 11) is 0. The number of carbonyl (C=O) groups is 14. The summed E-state index contributed by atoms with van der Waals surface area (Å²) >= 11 is 0. The van der Waals surface area contributed by atoms with Crippen molar-refractivity contribution >= 4 is 82.8 Å². The van der Waals surface area contributed by atoms with Crippen LogP contribution >= 0.6 is 0 Å². The molecule has 0 spiro atoms. The molecule has 0 aromatic heterocycles. The van der Waals surface area contributed by atoms with E-state index in [1.165, 1.54) is 58.9 Å². The first kappa shape index (κ1) is 76.6. The van der Waals surface area contributed by atoms with E-state index in [-0.39, 0.29) is 55.6 Å². The molecule has 0 radical (unpaired) electrons. The number of aliphatic carboxylic acids is 2. The maximum absolute atomic E-state index is 13.9. The molecule has 0 aliphatic rings. The van der Waals surface area contributed by atoms with Crippen LogP contribution in [-0.2, 0) is 73.5 Å². The summed E-state index contributed by atoms with van der Waals surface area (Å²) < 4.78 is 0. The molecule has 0 aliphatic heterocycles. The topological polar surface area (TPSA) is 484 Å². The molecule has 1 rings (SSSR count). The standard InChI is InChI=1S/C57H93N13O17/c1-26(2)20-36(58)49(78)66-38(21-27(3)4)52(81)67-39(22-28(5)6)53(82)68-41(24-44(74)75)54(83)70-45(29(7)8)55(84)62-32(12)47(76)65-40(23-34-14-16-35(71)17-15-34)50(79)60-25-43(73)61-31(11)48(77)69-46(30(9)10)56(85)64-37(18-19-42(59)72)51(80)63-33(13)57(86)87/h14-17,26-33,36-41,45-46,71H,18-25,58H2,1-13H3,(H2,59,72)(H,60,79)(H,61,73)(H,62,84)(H,63,80)(H,64,85)(H,65,76)(H,66,78)(H,67,81)(H,68,82)(H,69,77)(H,70,83)(H,74,75)(H,86,87)/t31-,32-,33-,36-,37-,38-,39-,40-,41-,45-,46-/m0/s1. The van der Waals surface area contributed by atoms with Crippen LogP contribution in [0.3, 0.4) is 0 Å². The Hall–Kier alpha value is -8.44. The molecular weight excluding hydrogens is 1140 g/mol. The molecule has 0 fully saturated rings. The highest BCUT2D eigenvalue weighted by Crippen LogP contribution is 2.15. The van der Waals surface area contributed by atoms with Crippen molar-refractivity contribution < 1.29 is 82.4 Å². The lowest BCUT2D eigenvalue weighted by Crippen LogP contribution is -2.61. The lowest BCUT2D eigenvalue weighted by molar-refractivity contribution is -0.142. The van der Waals surface area contributed by atoms with E-state index in [2.05, 4.69) is 58.5 Å². The van der Waals surface area contributed by atoms with Gasteiger partial charge in [0, 0.05) is 12.8 Å². The summed E-state index contributed by atoms with van der Waals surface area (Å²) in [6.07, 6.45) is -1.30. The number of amides is 12. The molecule has 488 valence electrons. The molecule has 0 bridgehead atoms. The number of carboxylic acid groups (broad SMARTS) is 2. The molecule has 0 heterocycles. The van der Waals surface area contributed by atoms with Gasteiger partial charge >= 0.3 is 11.9 Å². The van der Waals surface area contributed by atoms with Gasteiger partial charge in [0.25, 0.3) is 0 Å². The van der Waals surface area contributed by atoms with Crippen molar-refractivity contribution in [2.45, 2.75) is 201 Å². The second-order valence-corrected chi connectivity index (χ2v) is 23.5. The number of benzene rings is 1. The quantitative estimate of drug-likeness (QED) is 0.0327. The molecule has 12 amide bonds. The fourth-order valence-electron chi connectivity index (χ4n) is 8.41. The predicted molar refractivity (Wildman–Crippen MR) is 315 cm³/mol. The fourth-order valence-corrected chi connectivity index (χ4v) is 8.41. The molecule has 0 saturated carbocycles. The third-order valence-electron chi connectivity index (χ3n) is 13.2. The van der Waals surface area contributed by atoms with Crippen LogP contribution in [-0.4, -0.2) is 171 Å². The Labute approximate surface area is 506 Å². The minimum absolute atomic E-state index is 0.0268. The van der Waals surface area contributed by atoms with E-state index in [1.54, 1.807) is 27.7 Å². The molecular formula is C57H93N13O17. The third kappa shape index (κ3) is 29.0. The summed E-state index contributed by atoms with van der Waals surface area (Å²) in [4.78, 5) is 184. The largest absolute Gasteiger partial charge is 0.508 e. The van der Waals surface area contributed by atoms with Crippen molar-refractivity contribution in [2.75, 3.05) is 6.54 Å². The van der Waals surface area contributed by atoms with Crippen LogP contribution < -0.4 is 70.0 Å². The molecule has 0 saturated heterocycles. The molecule has 1 aromatic rings. The van der Waals surface area contributed by atoms with Gasteiger partial charge in [-0.1, -0.05) is 81.4 Å². The highest BCUT2D eigenvalue weighted by Gasteiger charge is 2.37. The summed E-state index contributed by atoms with van der Waals surface area (Å²) in [6.45, 7) is 20.1. The van der Waals surface area contributed by atoms with E-state index in [0.29, 0.717) is 12.0 Å². The van der Waals surface area contributed by atoms with Gasteiger partial charge in [-0.25, -0.2) is 0 Å².